The van der Waals surface area contributed by atoms with Crippen molar-refractivity contribution in [2.24, 2.45) is 11.7 Å². The monoisotopic (exact) mass is 260 g/mol. The minimum Gasteiger partial charge on any atom is -0.496 e. The van der Waals surface area contributed by atoms with Gasteiger partial charge in [-0.25, -0.2) is 0 Å². The Kier molecular flexibility index (Phi) is 3.76. The maximum absolute atomic E-state index is 5.80. The molecule has 2 aliphatic rings. The molecule has 1 aromatic rings. The summed E-state index contributed by atoms with van der Waals surface area (Å²) in [4.78, 5) is 2.67. The van der Waals surface area contributed by atoms with E-state index in [1.54, 1.807) is 7.11 Å². The van der Waals surface area contributed by atoms with Crippen molar-refractivity contribution in [1.29, 1.82) is 0 Å². The highest BCUT2D eigenvalue weighted by Crippen LogP contribution is 2.35. The van der Waals surface area contributed by atoms with Crippen molar-refractivity contribution in [1.82, 2.24) is 4.90 Å². The van der Waals surface area contributed by atoms with Crippen molar-refractivity contribution >= 4 is 0 Å². The molecule has 0 spiro atoms. The lowest BCUT2D eigenvalue weighted by atomic mass is 10.1. The van der Waals surface area contributed by atoms with Gasteiger partial charge in [0.05, 0.1) is 7.11 Å². The van der Waals surface area contributed by atoms with Crippen LogP contribution in [0.1, 0.15) is 36.8 Å². The SMILES string of the molecule is COc1ccc(CN(CC2CC2)C2CC2)cc1CN. The molecule has 104 valence electrons. The second-order valence-corrected chi connectivity index (χ2v) is 5.95. The van der Waals surface area contributed by atoms with Crippen LogP contribution in [0.2, 0.25) is 0 Å². The molecule has 0 atom stereocenters. The van der Waals surface area contributed by atoms with Crippen LogP contribution in [0, 0.1) is 5.92 Å². The van der Waals surface area contributed by atoms with E-state index in [2.05, 4.69) is 23.1 Å². The Balaban J connectivity index is 1.69. The van der Waals surface area contributed by atoms with Crippen molar-refractivity contribution in [3.05, 3.63) is 29.3 Å². The fourth-order valence-electron chi connectivity index (χ4n) is 2.74. The standard InChI is InChI=1S/C16H24N2O/c1-19-16-7-4-13(8-14(16)9-17)11-18(15-5-6-15)10-12-2-3-12/h4,7-8,12,15H,2-3,5-6,9-11,17H2,1H3. The molecular weight excluding hydrogens is 236 g/mol. The lowest BCUT2D eigenvalue weighted by Gasteiger charge is -2.22. The quantitative estimate of drug-likeness (QED) is 0.818. The molecule has 0 amide bonds. The van der Waals surface area contributed by atoms with Crippen LogP contribution in [0.4, 0.5) is 0 Å². The first kappa shape index (κ1) is 12.9. The number of nitrogens with zero attached hydrogens (tertiary/aromatic N) is 1. The van der Waals surface area contributed by atoms with Crippen molar-refractivity contribution in [3.63, 3.8) is 0 Å². The van der Waals surface area contributed by atoms with Gasteiger partial charge in [0.25, 0.3) is 0 Å². The molecule has 3 nitrogen and oxygen atoms in total. The number of rotatable bonds is 7. The molecule has 3 heteroatoms. The number of hydrogen-bond donors (Lipinski definition) is 1. The molecule has 3 rings (SSSR count). The van der Waals surface area contributed by atoms with E-state index in [4.69, 9.17) is 10.5 Å². The topological polar surface area (TPSA) is 38.5 Å². The Morgan fingerprint density at radius 3 is 2.63 bits per heavy atom. The summed E-state index contributed by atoms with van der Waals surface area (Å²) in [6, 6.07) is 7.28. The van der Waals surface area contributed by atoms with E-state index in [1.807, 2.05) is 0 Å². The summed E-state index contributed by atoms with van der Waals surface area (Å²) < 4.78 is 5.34. The van der Waals surface area contributed by atoms with Gasteiger partial charge in [-0.05, 0) is 49.3 Å². The number of ether oxygens (including phenoxy) is 1. The number of hydrogen-bond acceptors (Lipinski definition) is 3. The second-order valence-electron chi connectivity index (χ2n) is 5.95. The first-order valence-electron chi connectivity index (χ1n) is 7.40. The lowest BCUT2D eigenvalue weighted by Crippen LogP contribution is -2.27. The van der Waals surface area contributed by atoms with Crippen molar-refractivity contribution in [2.45, 2.75) is 44.8 Å². The molecule has 19 heavy (non-hydrogen) atoms. The first-order valence-corrected chi connectivity index (χ1v) is 7.40. The van der Waals surface area contributed by atoms with Crippen LogP contribution >= 0.6 is 0 Å². The van der Waals surface area contributed by atoms with Gasteiger partial charge in [0.2, 0.25) is 0 Å². The zero-order chi connectivity index (χ0) is 13.2. The fourth-order valence-corrected chi connectivity index (χ4v) is 2.74. The van der Waals surface area contributed by atoms with E-state index in [-0.39, 0.29) is 0 Å². The third kappa shape index (κ3) is 3.28. The average molecular weight is 260 g/mol. The van der Waals surface area contributed by atoms with Crippen LogP contribution in [-0.4, -0.2) is 24.6 Å². The highest BCUT2D eigenvalue weighted by Gasteiger charge is 2.33. The molecule has 0 aromatic heterocycles. The van der Waals surface area contributed by atoms with Crippen LogP contribution in [0.25, 0.3) is 0 Å². The highest BCUT2D eigenvalue weighted by atomic mass is 16.5. The Hall–Kier alpha value is -1.06. The molecule has 0 heterocycles. The Morgan fingerprint density at radius 1 is 1.26 bits per heavy atom. The molecule has 2 aliphatic carbocycles. The summed E-state index contributed by atoms with van der Waals surface area (Å²) in [5.74, 6) is 1.87. The summed E-state index contributed by atoms with van der Waals surface area (Å²) >= 11 is 0. The third-order valence-electron chi connectivity index (χ3n) is 4.20. The van der Waals surface area contributed by atoms with Gasteiger partial charge in [-0.15, -0.1) is 0 Å². The largest absolute Gasteiger partial charge is 0.496 e. The number of benzene rings is 1. The van der Waals surface area contributed by atoms with E-state index in [0.29, 0.717) is 6.54 Å². The van der Waals surface area contributed by atoms with E-state index in [9.17, 15) is 0 Å². The fraction of sp³-hybridized carbons (Fsp3) is 0.625. The molecule has 0 bridgehead atoms. The Bertz CT molecular complexity index is 438. The van der Waals surface area contributed by atoms with Gasteiger partial charge in [-0.1, -0.05) is 6.07 Å². The molecule has 0 saturated heterocycles. The number of methoxy groups -OCH3 is 1. The first-order chi connectivity index (χ1) is 9.30. The van der Waals surface area contributed by atoms with Crippen molar-refractivity contribution in [2.75, 3.05) is 13.7 Å². The minimum absolute atomic E-state index is 0.545. The zero-order valence-electron chi connectivity index (χ0n) is 11.8. The van der Waals surface area contributed by atoms with Crippen molar-refractivity contribution in [3.8, 4) is 5.75 Å². The van der Waals surface area contributed by atoms with Crippen LogP contribution in [0.15, 0.2) is 18.2 Å². The maximum Gasteiger partial charge on any atom is 0.123 e. The highest BCUT2D eigenvalue weighted by molar-refractivity contribution is 5.37. The lowest BCUT2D eigenvalue weighted by molar-refractivity contribution is 0.244. The van der Waals surface area contributed by atoms with Gasteiger partial charge in [0, 0.05) is 31.2 Å². The normalized spacial score (nSPS) is 18.9. The van der Waals surface area contributed by atoms with Gasteiger partial charge >= 0.3 is 0 Å². The van der Waals surface area contributed by atoms with Gasteiger partial charge in [-0.3, -0.25) is 4.90 Å². The molecule has 0 unspecified atom stereocenters. The average Bonchev–Trinajstić information content (AvgIpc) is 3.29. The third-order valence-corrected chi connectivity index (χ3v) is 4.20. The smallest absolute Gasteiger partial charge is 0.123 e. The van der Waals surface area contributed by atoms with Gasteiger partial charge < -0.3 is 10.5 Å². The van der Waals surface area contributed by atoms with Crippen LogP contribution in [0.5, 0.6) is 5.75 Å². The summed E-state index contributed by atoms with van der Waals surface area (Å²) in [5, 5.41) is 0. The van der Waals surface area contributed by atoms with E-state index >= 15 is 0 Å². The molecule has 2 N–H and O–H groups in total. The molecule has 2 fully saturated rings. The van der Waals surface area contributed by atoms with Crippen LogP contribution in [0.3, 0.4) is 0 Å². The molecule has 2 saturated carbocycles. The summed E-state index contributed by atoms with van der Waals surface area (Å²) in [5.41, 5.74) is 8.28. The summed E-state index contributed by atoms with van der Waals surface area (Å²) in [6.45, 7) is 2.90. The summed E-state index contributed by atoms with van der Waals surface area (Å²) in [7, 11) is 1.71. The van der Waals surface area contributed by atoms with E-state index in [1.165, 1.54) is 37.8 Å². The van der Waals surface area contributed by atoms with Crippen molar-refractivity contribution < 1.29 is 4.74 Å². The van der Waals surface area contributed by atoms with Gasteiger partial charge in [0.1, 0.15) is 5.75 Å². The van der Waals surface area contributed by atoms with Crippen LogP contribution < -0.4 is 10.5 Å². The minimum atomic E-state index is 0.545. The summed E-state index contributed by atoms with van der Waals surface area (Å²) in [6.07, 6.45) is 5.62. The van der Waals surface area contributed by atoms with E-state index < -0.39 is 0 Å². The number of nitrogens with two attached hydrogens (primary N) is 1. The van der Waals surface area contributed by atoms with E-state index in [0.717, 1.165) is 29.8 Å². The Labute approximate surface area is 115 Å². The maximum atomic E-state index is 5.80. The zero-order valence-corrected chi connectivity index (χ0v) is 11.8. The predicted octanol–water partition coefficient (Wildman–Crippen LogP) is 2.53. The molecule has 1 aromatic carbocycles. The van der Waals surface area contributed by atoms with Crippen LogP contribution in [-0.2, 0) is 13.1 Å². The predicted molar refractivity (Wildman–Crippen MR) is 77.0 cm³/mol. The molecular formula is C16H24N2O. The van der Waals surface area contributed by atoms with Gasteiger partial charge in [-0.2, -0.15) is 0 Å². The van der Waals surface area contributed by atoms with Gasteiger partial charge in [0.15, 0.2) is 0 Å². The second kappa shape index (κ2) is 5.51. The molecule has 0 radical (unpaired) electrons. The molecule has 0 aliphatic heterocycles. The Morgan fingerprint density at radius 2 is 2.05 bits per heavy atom.